The van der Waals surface area contributed by atoms with E-state index in [-0.39, 0.29) is 11.3 Å². The molecule has 0 spiro atoms. The third-order valence-corrected chi connectivity index (χ3v) is 4.21. The fourth-order valence-corrected chi connectivity index (χ4v) is 3.12. The van der Waals surface area contributed by atoms with E-state index < -0.39 is 17.5 Å². The summed E-state index contributed by atoms with van der Waals surface area (Å²) in [5, 5.41) is 20.0. The predicted octanol–water partition coefficient (Wildman–Crippen LogP) is 3.06. The van der Waals surface area contributed by atoms with Gasteiger partial charge in [0.05, 0.1) is 11.5 Å². The van der Waals surface area contributed by atoms with Crippen molar-refractivity contribution in [1.29, 1.82) is 0 Å². The lowest BCUT2D eigenvalue weighted by atomic mass is 9.74. The molecule has 17 heavy (non-hydrogen) atoms. The van der Waals surface area contributed by atoms with Crippen LogP contribution < -0.4 is 0 Å². The van der Waals surface area contributed by atoms with Gasteiger partial charge >= 0.3 is 5.97 Å². The second-order valence-electron chi connectivity index (χ2n) is 6.68. The summed E-state index contributed by atoms with van der Waals surface area (Å²) in [7, 11) is 0. The lowest BCUT2D eigenvalue weighted by Gasteiger charge is -2.35. The van der Waals surface area contributed by atoms with Crippen LogP contribution in [0.3, 0.4) is 0 Å². The molecule has 0 aromatic carbocycles. The number of carboxylic acids is 1. The van der Waals surface area contributed by atoms with E-state index in [1.54, 1.807) is 0 Å². The molecule has 2 N–H and O–H groups in total. The van der Waals surface area contributed by atoms with Gasteiger partial charge < -0.3 is 10.2 Å². The Kier molecular flexibility index (Phi) is 4.23. The molecule has 0 radical (unpaired) electrons. The van der Waals surface area contributed by atoms with Crippen LogP contribution in [0.25, 0.3) is 0 Å². The molecule has 1 saturated carbocycles. The minimum Gasteiger partial charge on any atom is -0.481 e. The van der Waals surface area contributed by atoms with E-state index in [0.29, 0.717) is 12.8 Å². The van der Waals surface area contributed by atoms with E-state index in [9.17, 15) is 15.0 Å². The number of carboxylic acid groups (broad SMARTS) is 1. The minimum absolute atomic E-state index is 0.0290. The van der Waals surface area contributed by atoms with Crippen LogP contribution in [0.5, 0.6) is 0 Å². The van der Waals surface area contributed by atoms with E-state index in [2.05, 4.69) is 13.8 Å². The van der Waals surface area contributed by atoms with E-state index >= 15 is 0 Å². The van der Waals surface area contributed by atoms with Crippen LogP contribution in [0.2, 0.25) is 0 Å². The Bertz CT molecular complexity index is 283. The number of carbonyl (C=O) groups is 1. The fourth-order valence-electron chi connectivity index (χ4n) is 3.12. The van der Waals surface area contributed by atoms with Crippen molar-refractivity contribution in [3.63, 3.8) is 0 Å². The molecule has 2 atom stereocenters. The monoisotopic (exact) mass is 242 g/mol. The topological polar surface area (TPSA) is 57.5 Å². The summed E-state index contributed by atoms with van der Waals surface area (Å²) in [6.45, 7) is 8.16. The van der Waals surface area contributed by atoms with Crippen LogP contribution in [0.1, 0.15) is 59.8 Å². The first-order valence-corrected chi connectivity index (χ1v) is 6.63. The third-order valence-electron chi connectivity index (χ3n) is 4.21. The molecule has 1 aliphatic carbocycles. The lowest BCUT2D eigenvalue weighted by molar-refractivity contribution is -0.157. The molecule has 100 valence electrons. The van der Waals surface area contributed by atoms with Gasteiger partial charge in [0, 0.05) is 0 Å². The van der Waals surface area contributed by atoms with Gasteiger partial charge in [0.25, 0.3) is 0 Å². The van der Waals surface area contributed by atoms with Gasteiger partial charge in [-0.25, -0.2) is 0 Å². The second kappa shape index (κ2) is 4.97. The summed E-state index contributed by atoms with van der Waals surface area (Å²) >= 11 is 0. The van der Waals surface area contributed by atoms with E-state index in [1.807, 2.05) is 13.8 Å². The van der Waals surface area contributed by atoms with Gasteiger partial charge in [-0.05, 0) is 37.0 Å². The molecule has 1 rings (SSSR count). The first-order chi connectivity index (χ1) is 7.68. The molecule has 1 fully saturated rings. The van der Waals surface area contributed by atoms with Crippen molar-refractivity contribution >= 4 is 5.97 Å². The van der Waals surface area contributed by atoms with Crippen molar-refractivity contribution in [1.82, 2.24) is 0 Å². The first kappa shape index (κ1) is 14.5. The molecule has 2 unspecified atom stereocenters. The van der Waals surface area contributed by atoms with Crippen molar-refractivity contribution in [3.8, 4) is 0 Å². The van der Waals surface area contributed by atoms with Gasteiger partial charge in [-0.3, -0.25) is 4.79 Å². The molecule has 3 nitrogen and oxygen atoms in total. The molecule has 0 amide bonds. The van der Waals surface area contributed by atoms with Crippen LogP contribution in [0.4, 0.5) is 0 Å². The molecular formula is C14H26O3. The fraction of sp³-hybridized carbons (Fsp3) is 0.929. The summed E-state index contributed by atoms with van der Waals surface area (Å²) in [5.74, 6) is -1.53. The minimum atomic E-state index is -1.02. The Morgan fingerprint density at radius 2 is 1.71 bits per heavy atom. The highest BCUT2D eigenvalue weighted by Crippen LogP contribution is 2.43. The van der Waals surface area contributed by atoms with Crippen molar-refractivity contribution < 1.29 is 15.0 Å². The Labute approximate surface area is 104 Å². The lowest BCUT2D eigenvalue weighted by Crippen LogP contribution is -2.45. The summed E-state index contributed by atoms with van der Waals surface area (Å²) in [6, 6.07) is 0. The SMILES string of the molecule is CC(C)C(C(=O)O)C1(O)CCCC(C)(C)CC1. The largest absolute Gasteiger partial charge is 0.481 e. The van der Waals surface area contributed by atoms with Crippen molar-refractivity contribution in [3.05, 3.63) is 0 Å². The molecule has 0 aliphatic heterocycles. The molecule has 0 aromatic heterocycles. The number of hydrogen-bond acceptors (Lipinski definition) is 2. The summed E-state index contributed by atoms with van der Waals surface area (Å²) in [4.78, 5) is 11.4. The molecule has 0 heterocycles. The normalized spacial score (nSPS) is 30.9. The third kappa shape index (κ3) is 3.44. The van der Waals surface area contributed by atoms with E-state index in [0.717, 1.165) is 19.3 Å². The average molecular weight is 242 g/mol. The highest BCUT2D eigenvalue weighted by Gasteiger charge is 2.45. The van der Waals surface area contributed by atoms with Crippen LogP contribution in [0.15, 0.2) is 0 Å². The van der Waals surface area contributed by atoms with Crippen LogP contribution in [-0.2, 0) is 4.79 Å². The first-order valence-electron chi connectivity index (χ1n) is 6.63. The van der Waals surface area contributed by atoms with E-state index in [4.69, 9.17) is 0 Å². The standard InChI is InChI=1S/C14H26O3/c1-10(2)11(12(15)16)14(17)7-5-6-13(3,4)8-9-14/h10-11,17H,5-9H2,1-4H3,(H,15,16). The van der Waals surface area contributed by atoms with Gasteiger partial charge in [-0.15, -0.1) is 0 Å². The number of hydrogen-bond donors (Lipinski definition) is 2. The molecular weight excluding hydrogens is 216 g/mol. The highest BCUT2D eigenvalue weighted by molar-refractivity contribution is 5.71. The van der Waals surface area contributed by atoms with Gasteiger partial charge in [0.1, 0.15) is 0 Å². The Hall–Kier alpha value is -0.570. The highest BCUT2D eigenvalue weighted by atomic mass is 16.4. The predicted molar refractivity (Wildman–Crippen MR) is 67.8 cm³/mol. The number of rotatable bonds is 3. The Morgan fingerprint density at radius 1 is 1.12 bits per heavy atom. The molecule has 0 saturated heterocycles. The summed E-state index contributed by atoms with van der Waals surface area (Å²) in [5.41, 5.74) is -0.793. The maximum absolute atomic E-state index is 11.4. The molecule has 1 aliphatic rings. The van der Waals surface area contributed by atoms with Crippen molar-refractivity contribution in [2.75, 3.05) is 0 Å². The molecule has 0 aromatic rings. The molecule has 0 bridgehead atoms. The number of aliphatic carboxylic acids is 1. The van der Waals surface area contributed by atoms with Gasteiger partial charge in [-0.2, -0.15) is 0 Å². The van der Waals surface area contributed by atoms with Gasteiger partial charge in [-0.1, -0.05) is 34.1 Å². The van der Waals surface area contributed by atoms with Crippen molar-refractivity contribution in [2.24, 2.45) is 17.3 Å². The van der Waals surface area contributed by atoms with Gasteiger partial charge in [0.15, 0.2) is 0 Å². The maximum Gasteiger partial charge on any atom is 0.309 e. The Morgan fingerprint density at radius 3 is 2.18 bits per heavy atom. The van der Waals surface area contributed by atoms with Crippen LogP contribution in [-0.4, -0.2) is 21.8 Å². The second-order valence-corrected chi connectivity index (χ2v) is 6.68. The Balaban J connectivity index is 2.89. The zero-order valence-corrected chi connectivity index (χ0v) is 11.5. The summed E-state index contributed by atoms with van der Waals surface area (Å²) in [6.07, 6.45) is 4.11. The summed E-state index contributed by atoms with van der Waals surface area (Å²) < 4.78 is 0. The average Bonchev–Trinajstić information content (AvgIpc) is 2.25. The zero-order valence-electron chi connectivity index (χ0n) is 11.5. The zero-order chi connectivity index (χ0) is 13.3. The quantitative estimate of drug-likeness (QED) is 0.748. The molecule has 3 heteroatoms. The number of aliphatic hydroxyl groups is 1. The van der Waals surface area contributed by atoms with E-state index in [1.165, 1.54) is 0 Å². The maximum atomic E-state index is 11.4. The smallest absolute Gasteiger partial charge is 0.309 e. The van der Waals surface area contributed by atoms with Crippen LogP contribution in [0, 0.1) is 17.3 Å². The van der Waals surface area contributed by atoms with Gasteiger partial charge in [0.2, 0.25) is 0 Å². The van der Waals surface area contributed by atoms with Crippen molar-refractivity contribution in [2.45, 2.75) is 65.4 Å². The van der Waals surface area contributed by atoms with Crippen LogP contribution >= 0.6 is 0 Å².